The maximum Gasteiger partial charge on any atom is 0.326 e. The SMILES string of the molecule is O=C1CCC(C(=O)N[C@@H](Cc2c[nH]c3ccccc23)C(=O)O)N1. The highest BCUT2D eigenvalue weighted by Gasteiger charge is 2.30. The number of fused-ring (bicyclic) bond motifs is 1. The first kappa shape index (κ1) is 15.1. The molecule has 1 unspecified atom stereocenters. The van der Waals surface area contributed by atoms with E-state index in [2.05, 4.69) is 15.6 Å². The fourth-order valence-corrected chi connectivity index (χ4v) is 2.80. The Kier molecular flexibility index (Phi) is 4.01. The van der Waals surface area contributed by atoms with Gasteiger partial charge in [0, 0.05) is 29.9 Å². The molecule has 23 heavy (non-hydrogen) atoms. The maximum atomic E-state index is 12.1. The van der Waals surface area contributed by atoms with Crippen molar-refractivity contribution in [2.45, 2.75) is 31.3 Å². The third-order valence-corrected chi connectivity index (χ3v) is 4.03. The minimum atomic E-state index is -1.10. The number of carboxylic acid groups (broad SMARTS) is 1. The van der Waals surface area contributed by atoms with E-state index in [0.717, 1.165) is 16.5 Å². The lowest BCUT2D eigenvalue weighted by molar-refractivity contribution is -0.142. The van der Waals surface area contributed by atoms with Crippen molar-refractivity contribution < 1.29 is 19.5 Å². The second-order valence-corrected chi connectivity index (χ2v) is 5.62. The van der Waals surface area contributed by atoms with Crippen LogP contribution in [0.1, 0.15) is 18.4 Å². The van der Waals surface area contributed by atoms with Crippen LogP contribution in [0.15, 0.2) is 30.5 Å². The third kappa shape index (κ3) is 3.18. The van der Waals surface area contributed by atoms with Crippen LogP contribution >= 0.6 is 0 Å². The highest BCUT2D eigenvalue weighted by molar-refractivity contribution is 5.93. The predicted octanol–water partition coefficient (Wildman–Crippen LogP) is 0.558. The Bertz CT molecular complexity index is 768. The quantitative estimate of drug-likeness (QED) is 0.646. The summed E-state index contributed by atoms with van der Waals surface area (Å²) in [5.74, 6) is -1.75. The van der Waals surface area contributed by atoms with Crippen LogP contribution in [-0.2, 0) is 20.8 Å². The summed E-state index contributed by atoms with van der Waals surface area (Å²) < 4.78 is 0. The van der Waals surface area contributed by atoms with Gasteiger partial charge in [-0.15, -0.1) is 0 Å². The van der Waals surface area contributed by atoms with Gasteiger partial charge in [-0.2, -0.15) is 0 Å². The van der Waals surface area contributed by atoms with Gasteiger partial charge in [-0.3, -0.25) is 9.59 Å². The molecule has 0 spiro atoms. The number of carbonyl (C=O) groups excluding carboxylic acids is 2. The fraction of sp³-hybridized carbons (Fsp3) is 0.312. The predicted molar refractivity (Wildman–Crippen MR) is 82.7 cm³/mol. The van der Waals surface area contributed by atoms with E-state index in [4.69, 9.17) is 0 Å². The molecule has 7 nitrogen and oxygen atoms in total. The first-order valence-corrected chi connectivity index (χ1v) is 7.42. The van der Waals surface area contributed by atoms with Crippen LogP contribution in [0.5, 0.6) is 0 Å². The van der Waals surface area contributed by atoms with Gasteiger partial charge < -0.3 is 20.7 Å². The molecule has 7 heteroatoms. The summed E-state index contributed by atoms with van der Waals surface area (Å²) in [7, 11) is 0. The van der Waals surface area contributed by atoms with Crippen LogP contribution in [0.4, 0.5) is 0 Å². The van der Waals surface area contributed by atoms with Crippen LogP contribution in [0.3, 0.4) is 0 Å². The second-order valence-electron chi connectivity index (χ2n) is 5.62. The summed E-state index contributed by atoms with van der Waals surface area (Å²) in [6.07, 6.45) is 2.61. The zero-order valence-electron chi connectivity index (χ0n) is 12.3. The van der Waals surface area contributed by atoms with Crippen LogP contribution in [0, 0.1) is 0 Å². The molecule has 0 radical (unpaired) electrons. The van der Waals surface area contributed by atoms with E-state index in [9.17, 15) is 19.5 Å². The van der Waals surface area contributed by atoms with Gasteiger partial charge in [0.1, 0.15) is 12.1 Å². The molecule has 1 aromatic carbocycles. The van der Waals surface area contributed by atoms with Crippen LogP contribution in [-0.4, -0.2) is 40.0 Å². The zero-order chi connectivity index (χ0) is 16.4. The molecular formula is C16H17N3O4. The highest BCUT2D eigenvalue weighted by atomic mass is 16.4. The first-order chi connectivity index (χ1) is 11.0. The van der Waals surface area contributed by atoms with Gasteiger partial charge >= 0.3 is 5.97 Å². The third-order valence-electron chi connectivity index (χ3n) is 4.03. The Morgan fingerprint density at radius 1 is 1.35 bits per heavy atom. The molecule has 4 N–H and O–H groups in total. The van der Waals surface area contributed by atoms with E-state index in [1.165, 1.54) is 0 Å². The Balaban J connectivity index is 1.73. The number of hydrogen-bond acceptors (Lipinski definition) is 3. The Labute approximate surface area is 132 Å². The molecule has 0 bridgehead atoms. The van der Waals surface area contributed by atoms with E-state index < -0.39 is 24.0 Å². The van der Waals surface area contributed by atoms with Crippen LogP contribution in [0.2, 0.25) is 0 Å². The lowest BCUT2D eigenvalue weighted by Gasteiger charge is -2.17. The van der Waals surface area contributed by atoms with Gasteiger partial charge in [0.25, 0.3) is 0 Å². The van der Waals surface area contributed by atoms with Crippen molar-refractivity contribution in [2.24, 2.45) is 0 Å². The van der Waals surface area contributed by atoms with E-state index in [-0.39, 0.29) is 18.7 Å². The molecule has 3 rings (SSSR count). The average molecular weight is 315 g/mol. The molecule has 2 amide bonds. The number of benzene rings is 1. The van der Waals surface area contributed by atoms with E-state index in [0.29, 0.717) is 6.42 Å². The number of H-pyrrole nitrogens is 1. The minimum Gasteiger partial charge on any atom is -0.480 e. The first-order valence-electron chi connectivity index (χ1n) is 7.42. The number of aromatic nitrogens is 1. The lowest BCUT2D eigenvalue weighted by atomic mass is 10.0. The largest absolute Gasteiger partial charge is 0.480 e. The Morgan fingerprint density at radius 2 is 2.13 bits per heavy atom. The monoisotopic (exact) mass is 315 g/mol. The summed E-state index contributed by atoms with van der Waals surface area (Å²) in [6.45, 7) is 0. The summed E-state index contributed by atoms with van der Waals surface area (Å²) in [4.78, 5) is 37.8. The normalized spacial score (nSPS) is 18.6. The van der Waals surface area contributed by atoms with E-state index >= 15 is 0 Å². The molecule has 1 aromatic heterocycles. The summed E-state index contributed by atoms with van der Waals surface area (Å²) in [5, 5.41) is 15.4. The minimum absolute atomic E-state index is 0.172. The summed E-state index contributed by atoms with van der Waals surface area (Å²) >= 11 is 0. The molecule has 2 atom stereocenters. The molecule has 0 aliphatic carbocycles. The van der Waals surface area contributed by atoms with Crippen molar-refractivity contribution in [1.29, 1.82) is 0 Å². The topological polar surface area (TPSA) is 111 Å². The van der Waals surface area contributed by atoms with Gasteiger partial charge in [0.05, 0.1) is 0 Å². The number of amides is 2. The standard InChI is InChI=1S/C16H17N3O4/c20-14-6-5-12(18-14)15(21)19-13(16(22)23)7-9-8-17-11-4-2-1-3-10(9)11/h1-4,8,12-13,17H,5-7H2,(H,18,20)(H,19,21)(H,22,23)/t12?,13-/m0/s1. The molecule has 2 aromatic rings. The van der Waals surface area contributed by atoms with E-state index in [1.807, 2.05) is 24.3 Å². The number of carboxylic acids is 1. The number of carbonyl (C=O) groups is 3. The van der Waals surface area contributed by atoms with Gasteiger partial charge in [-0.25, -0.2) is 4.79 Å². The van der Waals surface area contributed by atoms with Crippen molar-refractivity contribution in [3.63, 3.8) is 0 Å². The molecule has 0 saturated carbocycles. The molecule has 1 fully saturated rings. The number of hydrogen-bond donors (Lipinski definition) is 4. The van der Waals surface area contributed by atoms with Crippen molar-refractivity contribution in [1.82, 2.24) is 15.6 Å². The fourth-order valence-electron chi connectivity index (χ4n) is 2.80. The van der Waals surface area contributed by atoms with Crippen molar-refractivity contribution in [3.8, 4) is 0 Å². The van der Waals surface area contributed by atoms with Crippen LogP contribution < -0.4 is 10.6 Å². The van der Waals surface area contributed by atoms with Gasteiger partial charge in [-0.05, 0) is 18.1 Å². The number of aromatic amines is 1. The zero-order valence-corrected chi connectivity index (χ0v) is 12.3. The smallest absolute Gasteiger partial charge is 0.326 e. The highest BCUT2D eigenvalue weighted by Crippen LogP contribution is 2.19. The molecule has 2 heterocycles. The molecular weight excluding hydrogens is 298 g/mol. The molecule has 1 saturated heterocycles. The number of nitrogens with one attached hydrogen (secondary N) is 3. The lowest BCUT2D eigenvalue weighted by Crippen LogP contribution is -2.49. The van der Waals surface area contributed by atoms with Gasteiger partial charge in [-0.1, -0.05) is 18.2 Å². The number of para-hydroxylation sites is 1. The second kappa shape index (κ2) is 6.12. The molecule has 120 valence electrons. The summed E-state index contributed by atoms with van der Waals surface area (Å²) in [5.41, 5.74) is 1.74. The Morgan fingerprint density at radius 3 is 2.83 bits per heavy atom. The van der Waals surface area contributed by atoms with Crippen molar-refractivity contribution in [3.05, 3.63) is 36.0 Å². The van der Waals surface area contributed by atoms with E-state index in [1.54, 1.807) is 6.20 Å². The molecule has 1 aliphatic heterocycles. The number of rotatable bonds is 5. The summed E-state index contributed by atoms with van der Waals surface area (Å²) in [6, 6.07) is 5.89. The maximum absolute atomic E-state index is 12.1. The average Bonchev–Trinajstić information content (AvgIpc) is 3.13. The Hall–Kier alpha value is -2.83. The van der Waals surface area contributed by atoms with Gasteiger partial charge in [0.15, 0.2) is 0 Å². The van der Waals surface area contributed by atoms with Crippen LogP contribution in [0.25, 0.3) is 10.9 Å². The molecule has 1 aliphatic rings. The van der Waals surface area contributed by atoms with Crippen molar-refractivity contribution in [2.75, 3.05) is 0 Å². The van der Waals surface area contributed by atoms with Crippen molar-refractivity contribution >= 4 is 28.7 Å². The number of aliphatic carboxylic acids is 1. The van der Waals surface area contributed by atoms with Gasteiger partial charge in [0.2, 0.25) is 11.8 Å².